The van der Waals surface area contributed by atoms with Gasteiger partial charge in [0.2, 0.25) is 5.91 Å². The summed E-state index contributed by atoms with van der Waals surface area (Å²) in [4.78, 5) is 39.8. The first-order chi connectivity index (χ1) is 17.1. The maximum absolute atomic E-state index is 14.4. The van der Waals surface area contributed by atoms with Crippen molar-refractivity contribution in [2.45, 2.75) is 106 Å². The van der Waals surface area contributed by atoms with Crippen LogP contribution in [-0.4, -0.2) is 23.0 Å². The lowest BCUT2D eigenvalue weighted by atomic mass is 9.49. The average molecular weight is 507 g/mol. The van der Waals surface area contributed by atoms with Crippen LogP contribution in [0.15, 0.2) is 23.3 Å². The molecular weight excluding hydrogens is 460 g/mol. The Kier molecular flexibility index (Phi) is 6.92. The van der Waals surface area contributed by atoms with E-state index in [2.05, 4.69) is 46.0 Å². The van der Waals surface area contributed by atoms with E-state index in [9.17, 15) is 19.6 Å². The standard InChI is InChI=1S/C32H46N2O3/c1-19-9-10-26-30(6,7)28(37)22(18-33)16-31(26,8)23(19)15-25(36)27-20(2)11-12-32(34-21(3)35)14-13-29(4,5)17-24(27)32/h15-16,19-20,24,26-27H,9-14,17H2,1-8H3,(H,34,35). The fourth-order valence-corrected chi connectivity index (χ4v) is 8.93. The van der Waals surface area contributed by atoms with Crippen molar-refractivity contribution < 1.29 is 14.4 Å². The summed E-state index contributed by atoms with van der Waals surface area (Å²) in [5, 5.41) is 13.1. The first kappa shape index (κ1) is 27.8. The fourth-order valence-electron chi connectivity index (χ4n) is 8.93. The number of hydrogen-bond donors (Lipinski definition) is 1. The highest BCUT2D eigenvalue weighted by Crippen LogP contribution is 2.59. The molecule has 0 aromatic carbocycles. The van der Waals surface area contributed by atoms with E-state index >= 15 is 0 Å². The van der Waals surface area contributed by atoms with Crippen molar-refractivity contribution in [2.24, 2.45) is 45.8 Å². The lowest BCUT2D eigenvalue weighted by molar-refractivity contribution is -0.134. The molecule has 0 aromatic heterocycles. The van der Waals surface area contributed by atoms with Gasteiger partial charge in [0.05, 0.1) is 5.57 Å². The highest BCUT2D eigenvalue weighted by atomic mass is 16.1. The summed E-state index contributed by atoms with van der Waals surface area (Å²) in [5.41, 5.74) is -0.0503. The van der Waals surface area contributed by atoms with Crippen LogP contribution in [0.5, 0.6) is 0 Å². The van der Waals surface area contributed by atoms with Gasteiger partial charge in [-0.1, -0.05) is 60.1 Å². The normalized spacial score (nSPS) is 41.6. The zero-order valence-electron chi connectivity index (χ0n) is 24.2. The monoisotopic (exact) mass is 506 g/mol. The summed E-state index contributed by atoms with van der Waals surface area (Å²) in [6.07, 6.45) is 10.3. The van der Waals surface area contributed by atoms with Crippen molar-refractivity contribution in [2.75, 3.05) is 0 Å². The molecule has 0 saturated heterocycles. The van der Waals surface area contributed by atoms with Gasteiger partial charge < -0.3 is 5.32 Å². The Balaban J connectivity index is 1.79. The number of nitriles is 1. The van der Waals surface area contributed by atoms with Gasteiger partial charge in [0.25, 0.3) is 0 Å². The molecule has 3 saturated carbocycles. The molecule has 1 N–H and O–H groups in total. The third-order valence-electron chi connectivity index (χ3n) is 10.9. The number of hydrogen-bond acceptors (Lipinski definition) is 4. The molecule has 0 bridgehead atoms. The molecule has 7 atom stereocenters. The van der Waals surface area contributed by atoms with E-state index in [1.54, 1.807) is 6.92 Å². The van der Waals surface area contributed by atoms with Gasteiger partial charge in [-0.05, 0) is 80.1 Å². The number of ketones is 2. The maximum Gasteiger partial charge on any atom is 0.217 e. The molecule has 4 aliphatic carbocycles. The lowest BCUT2D eigenvalue weighted by Crippen LogP contribution is -2.62. The van der Waals surface area contributed by atoms with Crippen LogP contribution in [0, 0.1) is 57.2 Å². The Bertz CT molecular complexity index is 1110. The first-order valence-electron chi connectivity index (χ1n) is 14.3. The molecule has 0 radical (unpaired) electrons. The van der Waals surface area contributed by atoms with Crippen LogP contribution in [0.1, 0.15) is 100 Å². The minimum Gasteiger partial charge on any atom is -0.351 e. The SMILES string of the molecule is CC(=O)NC12CCC(C)C(C(=O)C=C3C(C)CCC4C(C)(C)C(=O)C(C#N)=CC34C)C1CC(C)(C)CC2. The average Bonchev–Trinajstić information content (AvgIpc) is 2.79. The van der Waals surface area contributed by atoms with Crippen molar-refractivity contribution in [3.05, 3.63) is 23.3 Å². The summed E-state index contributed by atoms with van der Waals surface area (Å²) < 4.78 is 0. The van der Waals surface area contributed by atoms with Gasteiger partial charge in [0.15, 0.2) is 11.6 Å². The molecule has 5 nitrogen and oxygen atoms in total. The van der Waals surface area contributed by atoms with Gasteiger partial charge >= 0.3 is 0 Å². The van der Waals surface area contributed by atoms with Crippen LogP contribution in [0.4, 0.5) is 0 Å². The van der Waals surface area contributed by atoms with Gasteiger partial charge in [-0.2, -0.15) is 5.26 Å². The van der Waals surface area contributed by atoms with E-state index in [4.69, 9.17) is 0 Å². The molecule has 7 unspecified atom stereocenters. The fraction of sp³-hybridized carbons (Fsp3) is 0.750. The number of rotatable bonds is 3. The zero-order chi connectivity index (χ0) is 27.6. The number of nitrogens with zero attached hydrogens (tertiary/aromatic N) is 1. The summed E-state index contributed by atoms with van der Waals surface area (Å²) in [7, 11) is 0. The van der Waals surface area contributed by atoms with Gasteiger partial charge in [0, 0.05) is 29.2 Å². The third-order valence-corrected chi connectivity index (χ3v) is 10.9. The van der Waals surface area contributed by atoms with Crippen LogP contribution in [0.2, 0.25) is 0 Å². The largest absolute Gasteiger partial charge is 0.351 e. The summed E-state index contributed by atoms with van der Waals surface area (Å²) >= 11 is 0. The topological polar surface area (TPSA) is 87.0 Å². The smallest absolute Gasteiger partial charge is 0.217 e. The second-order valence-corrected chi connectivity index (χ2v) is 14.4. The van der Waals surface area contributed by atoms with Crippen LogP contribution >= 0.6 is 0 Å². The van der Waals surface area contributed by atoms with E-state index in [1.807, 2.05) is 26.0 Å². The van der Waals surface area contributed by atoms with Crippen molar-refractivity contribution in [1.82, 2.24) is 5.32 Å². The van der Waals surface area contributed by atoms with Gasteiger partial charge in [-0.15, -0.1) is 0 Å². The molecule has 4 aliphatic rings. The van der Waals surface area contributed by atoms with E-state index in [0.717, 1.165) is 50.5 Å². The van der Waals surface area contributed by atoms with E-state index < -0.39 is 10.8 Å². The van der Waals surface area contributed by atoms with Crippen molar-refractivity contribution >= 4 is 17.5 Å². The molecule has 0 aromatic rings. The number of amides is 1. The Hall–Kier alpha value is -2.22. The Morgan fingerprint density at radius 2 is 1.73 bits per heavy atom. The van der Waals surface area contributed by atoms with Crippen LogP contribution in [0.25, 0.3) is 0 Å². The first-order valence-corrected chi connectivity index (χ1v) is 14.3. The highest BCUT2D eigenvalue weighted by Gasteiger charge is 2.57. The molecule has 202 valence electrons. The van der Waals surface area contributed by atoms with E-state index in [0.29, 0.717) is 0 Å². The number of carbonyl (C=O) groups excluding carboxylic acids is 3. The molecule has 4 rings (SSSR count). The van der Waals surface area contributed by atoms with Crippen LogP contribution < -0.4 is 5.32 Å². The van der Waals surface area contributed by atoms with Crippen LogP contribution in [-0.2, 0) is 14.4 Å². The Labute approximate surface area is 223 Å². The number of Topliss-reactive ketones (excluding diaryl/α,β-unsaturated/α-hetero) is 1. The number of nitrogens with one attached hydrogen (secondary N) is 1. The maximum atomic E-state index is 14.4. The van der Waals surface area contributed by atoms with Gasteiger partial charge in [-0.3, -0.25) is 14.4 Å². The van der Waals surface area contributed by atoms with E-state index in [1.165, 1.54) is 0 Å². The predicted molar refractivity (Wildman–Crippen MR) is 145 cm³/mol. The molecule has 37 heavy (non-hydrogen) atoms. The highest BCUT2D eigenvalue weighted by molar-refractivity contribution is 6.04. The van der Waals surface area contributed by atoms with Crippen molar-refractivity contribution in [1.29, 1.82) is 5.26 Å². The molecule has 0 spiro atoms. The van der Waals surface area contributed by atoms with Crippen molar-refractivity contribution in [3.8, 4) is 6.07 Å². The van der Waals surface area contributed by atoms with Crippen LogP contribution in [0.3, 0.4) is 0 Å². The molecule has 0 heterocycles. The summed E-state index contributed by atoms with van der Waals surface area (Å²) in [6, 6.07) is 2.16. The summed E-state index contributed by atoms with van der Waals surface area (Å²) in [6.45, 7) is 16.6. The minimum absolute atomic E-state index is 0.0108. The minimum atomic E-state index is -0.650. The van der Waals surface area contributed by atoms with E-state index in [-0.39, 0.29) is 63.6 Å². The third kappa shape index (κ3) is 4.53. The lowest BCUT2D eigenvalue weighted by Gasteiger charge is -2.56. The molecule has 1 amide bonds. The number of allylic oxidation sites excluding steroid dienone is 4. The number of fused-ring (bicyclic) bond motifs is 2. The predicted octanol–water partition coefficient (Wildman–Crippen LogP) is 6.34. The molecular formula is C32H46N2O3. The quantitative estimate of drug-likeness (QED) is 0.452. The summed E-state index contributed by atoms with van der Waals surface area (Å²) in [5.74, 6) is 0.512. The Morgan fingerprint density at radius 3 is 2.35 bits per heavy atom. The molecule has 3 fully saturated rings. The van der Waals surface area contributed by atoms with Gasteiger partial charge in [-0.25, -0.2) is 0 Å². The van der Waals surface area contributed by atoms with Gasteiger partial charge in [0.1, 0.15) is 6.07 Å². The second-order valence-electron chi connectivity index (χ2n) is 14.4. The molecule has 5 heteroatoms. The second kappa shape index (κ2) is 9.21. The molecule has 0 aliphatic heterocycles. The van der Waals surface area contributed by atoms with Crippen molar-refractivity contribution in [3.63, 3.8) is 0 Å². The zero-order valence-corrected chi connectivity index (χ0v) is 24.2. The Morgan fingerprint density at radius 1 is 1.05 bits per heavy atom. The number of carbonyl (C=O) groups is 3.